The van der Waals surface area contributed by atoms with Crippen molar-refractivity contribution in [2.75, 3.05) is 38.2 Å². The topological polar surface area (TPSA) is 97.6 Å². The van der Waals surface area contributed by atoms with E-state index in [1.807, 2.05) is 0 Å². The number of nitro groups is 1. The average molecular weight is 294 g/mol. The summed E-state index contributed by atoms with van der Waals surface area (Å²) in [5.41, 5.74) is 0.530. The van der Waals surface area contributed by atoms with Gasteiger partial charge >= 0.3 is 0 Å². The molecule has 114 valence electrons. The lowest BCUT2D eigenvalue weighted by molar-refractivity contribution is -0.385. The number of hydrogen-bond donors (Lipinski definition) is 1. The second-order valence-electron chi connectivity index (χ2n) is 4.78. The number of carbonyl (C=O) groups is 1. The monoisotopic (exact) mass is 294 g/mol. The molecule has 2 rings (SSSR count). The maximum atomic E-state index is 11.9. The van der Waals surface area contributed by atoms with Crippen LogP contribution in [0.25, 0.3) is 0 Å². The van der Waals surface area contributed by atoms with Crippen molar-refractivity contribution < 1.29 is 14.5 Å². The maximum Gasteiger partial charge on any atom is 0.277 e. The van der Waals surface area contributed by atoms with Gasteiger partial charge in [0, 0.05) is 37.8 Å². The minimum atomic E-state index is -0.443. The molecule has 2 heterocycles. The summed E-state index contributed by atoms with van der Waals surface area (Å²) in [6, 6.07) is 1.38. The number of carbonyl (C=O) groups excluding carboxylic acids is 1. The molecule has 1 fully saturated rings. The zero-order valence-electron chi connectivity index (χ0n) is 11.9. The number of pyridine rings is 1. The normalized spacial score (nSPS) is 14.8. The fourth-order valence-electron chi connectivity index (χ4n) is 2.07. The van der Waals surface area contributed by atoms with Crippen LogP contribution in [0.5, 0.6) is 0 Å². The van der Waals surface area contributed by atoms with E-state index in [0.29, 0.717) is 50.7 Å². The van der Waals surface area contributed by atoms with Crippen molar-refractivity contribution in [3.63, 3.8) is 0 Å². The molecule has 0 spiro atoms. The van der Waals surface area contributed by atoms with Crippen molar-refractivity contribution in [1.29, 1.82) is 0 Å². The Morgan fingerprint density at radius 1 is 1.52 bits per heavy atom. The summed E-state index contributed by atoms with van der Waals surface area (Å²) < 4.78 is 5.19. The lowest BCUT2D eigenvalue weighted by atomic mass is 10.2. The van der Waals surface area contributed by atoms with Crippen LogP contribution in [0.1, 0.15) is 12.0 Å². The van der Waals surface area contributed by atoms with Crippen LogP contribution in [-0.2, 0) is 9.53 Å². The summed E-state index contributed by atoms with van der Waals surface area (Å²) in [5.74, 6) is 0.453. The molecule has 8 heteroatoms. The van der Waals surface area contributed by atoms with E-state index < -0.39 is 4.92 Å². The van der Waals surface area contributed by atoms with E-state index in [4.69, 9.17) is 4.74 Å². The summed E-state index contributed by atoms with van der Waals surface area (Å²) in [4.78, 5) is 28.1. The second-order valence-corrected chi connectivity index (χ2v) is 4.78. The molecule has 1 aliphatic heterocycles. The Morgan fingerprint density at radius 3 is 2.90 bits per heavy atom. The highest BCUT2D eigenvalue weighted by Crippen LogP contribution is 2.19. The van der Waals surface area contributed by atoms with Crippen molar-refractivity contribution >= 4 is 17.4 Å². The molecule has 0 aromatic carbocycles. The Balaban J connectivity index is 1.84. The van der Waals surface area contributed by atoms with Gasteiger partial charge in [0.1, 0.15) is 5.82 Å². The average Bonchev–Trinajstić information content (AvgIpc) is 2.49. The zero-order chi connectivity index (χ0) is 15.2. The molecule has 0 bridgehead atoms. The van der Waals surface area contributed by atoms with Gasteiger partial charge in [-0.2, -0.15) is 0 Å². The van der Waals surface area contributed by atoms with E-state index in [1.165, 1.54) is 12.3 Å². The summed E-state index contributed by atoms with van der Waals surface area (Å²) in [6.07, 6.45) is 1.77. The second kappa shape index (κ2) is 6.98. The number of amides is 1. The number of nitrogens with zero attached hydrogens (tertiary/aromatic N) is 3. The molecular weight excluding hydrogens is 276 g/mol. The number of nitrogens with one attached hydrogen (secondary N) is 1. The molecule has 0 saturated carbocycles. The van der Waals surface area contributed by atoms with Gasteiger partial charge in [-0.1, -0.05) is 0 Å². The van der Waals surface area contributed by atoms with E-state index in [0.717, 1.165) is 0 Å². The Kier molecular flexibility index (Phi) is 5.04. The number of aryl methyl sites for hydroxylation is 1. The van der Waals surface area contributed by atoms with Crippen molar-refractivity contribution in [3.05, 3.63) is 27.9 Å². The summed E-state index contributed by atoms with van der Waals surface area (Å²) in [5, 5.41) is 13.8. The van der Waals surface area contributed by atoms with Crippen molar-refractivity contribution in [1.82, 2.24) is 9.88 Å². The molecule has 1 aromatic rings. The summed E-state index contributed by atoms with van der Waals surface area (Å²) in [6.45, 7) is 4.41. The number of rotatable bonds is 5. The van der Waals surface area contributed by atoms with Crippen molar-refractivity contribution in [2.24, 2.45) is 0 Å². The highest BCUT2D eigenvalue weighted by molar-refractivity contribution is 5.76. The predicted octanol–water partition coefficient (Wildman–Crippen LogP) is 0.959. The minimum Gasteiger partial charge on any atom is -0.378 e. The first-order chi connectivity index (χ1) is 10.1. The number of morpholine rings is 1. The standard InChI is InChI=1S/C13H18N4O4/c1-10-9-15-12(8-11(10)17(19)20)14-3-2-13(18)16-4-6-21-7-5-16/h8-9H,2-7H2,1H3,(H,14,15). The highest BCUT2D eigenvalue weighted by Gasteiger charge is 2.16. The van der Waals surface area contributed by atoms with Gasteiger partial charge in [0.15, 0.2) is 0 Å². The first-order valence-corrected chi connectivity index (χ1v) is 6.78. The third-order valence-corrected chi connectivity index (χ3v) is 3.28. The lowest BCUT2D eigenvalue weighted by Crippen LogP contribution is -2.41. The van der Waals surface area contributed by atoms with E-state index in [1.54, 1.807) is 11.8 Å². The first kappa shape index (κ1) is 15.2. The quantitative estimate of drug-likeness (QED) is 0.641. The largest absolute Gasteiger partial charge is 0.378 e. The molecule has 0 unspecified atom stereocenters. The van der Waals surface area contributed by atoms with E-state index >= 15 is 0 Å². The van der Waals surface area contributed by atoms with Crippen LogP contribution in [0.15, 0.2) is 12.3 Å². The van der Waals surface area contributed by atoms with Crippen LogP contribution >= 0.6 is 0 Å². The molecule has 8 nitrogen and oxygen atoms in total. The molecule has 1 aromatic heterocycles. The predicted molar refractivity (Wildman–Crippen MR) is 76.1 cm³/mol. The molecule has 1 amide bonds. The number of anilines is 1. The highest BCUT2D eigenvalue weighted by atomic mass is 16.6. The SMILES string of the molecule is Cc1cnc(NCCC(=O)N2CCOCC2)cc1[N+](=O)[O-]. The Labute approximate surface area is 122 Å². The van der Waals surface area contributed by atoms with Gasteiger partial charge in [-0.3, -0.25) is 14.9 Å². The van der Waals surface area contributed by atoms with Crippen LogP contribution in [0.3, 0.4) is 0 Å². The molecule has 1 aliphatic rings. The molecular formula is C13H18N4O4. The first-order valence-electron chi connectivity index (χ1n) is 6.78. The van der Waals surface area contributed by atoms with Crippen LogP contribution in [0.2, 0.25) is 0 Å². The van der Waals surface area contributed by atoms with Crippen LogP contribution in [-0.4, -0.2) is 53.6 Å². The van der Waals surface area contributed by atoms with Gasteiger partial charge in [-0.15, -0.1) is 0 Å². The summed E-state index contributed by atoms with van der Waals surface area (Å²) in [7, 11) is 0. The van der Waals surface area contributed by atoms with Crippen LogP contribution in [0.4, 0.5) is 11.5 Å². The Hall–Kier alpha value is -2.22. The van der Waals surface area contributed by atoms with Gasteiger partial charge in [0.2, 0.25) is 5.91 Å². The van der Waals surface area contributed by atoms with Crippen molar-refractivity contribution in [2.45, 2.75) is 13.3 Å². The lowest BCUT2D eigenvalue weighted by Gasteiger charge is -2.26. The van der Waals surface area contributed by atoms with E-state index in [2.05, 4.69) is 10.3 Å². The van der Waals surface area contributed by atoms with E-state index in [-0.39, 0.29) is 11.6 Å². The molecule has 0 radical (unpaired) electrons. The summed E-state index contributed by atoms with van der Waals surface area (Å²) >= 11 is 0. The fraction of sp³-hybridized carbons (Fsp3) is 0.538. The van der Waals surface area contributed by atoms with E-state index in [9.17, 15) is 14.9 Å². The third-order valence-electron chi connectivity index (χ3n) is 3.28. The molecule has 0 aliphatic carbocycles. The molecule has 21 heavy (non-hydrogen) atoms. The van der Waals surface area contributed by atoms with Gasteiger partial charge < -0.3 is 15.0 Å². The number of aromatic nitrogens is 1. The fourth-order valence-corrected chi connectivity index (χ4v) is 2.07. The number of hydrogen-bond acceptors (Lipinski definition) is 6. The zero-order valence-corrected chi connectivity index (χ0v) is 11.9. The van der Waals surface area contributed by atoms with Gasteiger partial charge in [-0.25, -0.2) is 4.98 Å². The van der Waals surface area contributed by atoms with Gasteiger partial charge in [0.05, 0.1) is 24.2 Å². The molecule has 0 atom stereocenters. The smallest absolute Gasteiger partial charge is 0.277 e. The number of ether oxygens (including phenoxy) is 1. The molecule has 1 N–H and O–H groups in total. The van der Waals surface area contributed by atoms with Crippen LogP contribution in [0, 0.1) is 17.0 Å². The molecule has 1 saturated heterocycles. The minimum absolute atomic E-state index is 0.0204. The Morgan fingerprint density at radius 2 is 2.24 bits per heavy atom. The van der Waals surface area contributed by atoms with Gasteiger partial charge in [0.25, 0.3) is 5.69 Å². The van der Waals surface area contributed by atoms with Crippen LogP contribution < -0.4 is 5.32 Å². The van der Waals surface area contributed by atoms with Crippen molar-refractivity contribution in [3.8, 4) is 0 Å². The maximum absolute atomic E-state index is 11.9. The van der Waals surface area contributed by atoms with Gasteiger partial charge in [-0.05, 0) is 6.92 Å². The Bertz CT molecular complexity index is 529. The third kappa shape index (κ3) is 4.12.